The number of hydrogen-bond acceptors (Lipinski definition) is 3. The van der Waals surface area contributed by atoms with E-state index in [-0.39, 0.29) is 5.56 Å². The van der Waals surface area contributed by atoms with Crippen molar-refractivity contribution in [2.45, 2.75) is 0 Å². The molecule has 1 aromatic rings. The van der Waals surface area contributed by atoms with E-state index in [0.717, 1.165) is 6.08 Å². The summed E-state index contributed by atoms with van der Waals surface area (Å²) in [4.78, 5) is 14.1. The van der Waals surface area contributed by atoms with Crippen molar-refractivity contribution in [2.24, 2.45) is 0 Å². The van der Waals surface area contributed by atoms with Crippen molar-refractivity contribution in [3.8, 4) is 0 Å². The highest BCUT2D eigenvalue weighted by Gasteiger charge is 1.98. The van der Waals surface area contributed by atoms with E-state index >= 15 is 0 Å². The van der Waals surface area contributed by atoms with E-state index in [4.69, 9.17) is 0 Å². The Morgan fingerprint density at radius 3 is 3.08 bits per heavy atom. The fraction of sp³-hybridized carbons (Fsp3) is 0.111. The number of ether oxygens (including phenoxy) is 1. The number of rotatable bonds is 2. The van der Waals surface area contributed by atoms with Crippen molar-refractivity contribution in [1.29, 1.82) is 0 Å². The van der Waals surface area contributed by atoms with Crippen LogP contribution in [0.15, 0.2) is 24.4 Å². The predicted molar refractivity (Wildman–Crippen MR) is 45.2 cm³/mol. The molecule has 1 aromatic heterocycles. The summed E-state index contributed by atoms with van der Waals surface area (Å²) in [6.07, 6.45) is 3.79. The average Bonchev–Trinajstić information content (AvgIpc) is 2.16. The van der Waals surface area contributed by atoms with Crippen LogP contribution in [0.5, 0.6) is 0 Å². The summed E-state index contributed by atoms with van der Waals surface area (Å²) in [5.74, 6) is -1.13. The molecule has 1 heterocycles. The number of methoxy groups -OCH3 is 1. The molecule has 0 aromatic carbocycles. The smallest absolute Gasteiger partial charge is 0.330 e. The zero-order chi connectivity index (χ0) is 9.68. The van der Waals surface area contributed by atoms with Crippen LogP contribution in [0, 0.1) is 5.95 Å². The second-order valence-corrected chi connectivity index (χ2v) is 2.24. The molecule has 0 saturated heterocycles. The highest BCUT2D eigenvalue weighted by atomic mass is 19.1. The minimum atomic E-state index is -0.609. The molecule has 0 bridgehead atoms. The van der Waals surface area contributed by atoms with Crippen molar-refractivity contribution in [1.82, 2.24) is 4.98 Å². The van der Waals surface area contributed by atoms with Gasteiger partial charge in [0.15, 0.2) is 0 Å². The highest BCUT2D eigenvalue weighted by Crippen LogP contribution is 2.04. The van der Waals surface area contributed by atoms with Crippen LogP contribution < -0.4 is 0 Å². The Bertz CT molecular complexity index is 336. The van der Waals surface area contributed by atoms with Crippen molar-refractivity contribution in [2.75, 3.05) is 7.11 Å². The van der Waals surface area contributed by atoms with Gasteiger partial charge in [-0.1, -0.05) is 0 Å². The Morgan fingerprint density at radius 2 is 2.46 bits per heavy atom. The highest BCUT2D eigenvalue weighted by molar-refractivity contribution is 5.86. The van der Waals surface area contributed by atoms with Crippen molar-refractivity contribution < 1.29 is 13.9 Å². The molecular formula is C9H8FNO2. The molecule has 4 heteroatoms. The third-order valence-electron chi connectivity index (χ3n) is 1.39. The number of carbonyl (C=O) groups is 1. The molecule has 0 unspecified atom stereocenters. The second kappa shape index (κ2) is 4.35. The maximum atomic E-state index is 12.8. The van der Waals surface area contributed by atoms with Gasteiger partial charge in [-0.2, -0.15) is 4.39 Å². The first-order valence-corrected chi connectivity index (χ1v) is 3.60. The van der Waals surface area contributed by atoms with E-state index in [2.05, 4.69) is 9.72 Å². The lowest BCUT2D eigenvalue weighted by molar-refractivity contribution is -0.134. The molecule has 0 radical (unpaired) electrons. The summed E-state index contributed by atoms with van der Waals surface area (Å²) in [6.45, 7) is 0. The molecule has 1 rings (SSSR count). The third-order valence-corrected chi connectivity index (χ3v) is 1.39. The average molecular weight is 181 g/mol. The van der Waals surface area contributed by atoms with E-state index in [0.29, 0.717) is 0 Å². The van der Waals surface area contributed by atoms with Crippen LogP contribution in [0.25, 0.3) is 6.08 Å². The van der Waals surface area contributed by atoms with Crippen molar-refractivity contribution in [3.63, 3.8) is 0 Å². The molecule has 0 amide bonds. The maximum absolute atomic E-state index is 12.8. The number of hydrogen-bond donors (Lipinski definition) is 0. The van der Waals surface area contributed by atoms with Gasteiger partial charge in [-0.3, -0.25) is 0 Å². The van der Waals surface area contributed by atoms with Crippen molar-refractivity contribution in [3.05, 3.63) is 35.9 Å². The topological polar surface area (TPSA) is 39.2 Å². The number of halogens is 1. The Hall–Kier alpha value is -1.71. The van der Waals surface area contributed by atoms with Gasteiger partial charge in [-0.05, 0) is 18.2 Å². The Balaban J connectivity index is 2.80. The van der Waals surface area contributed by atoms with E-state index in [1.165, 1.54) is 25.4 Å². The summed E-state index contributed by atoms with van der Waals surface area (Å²) < 4.78 is 17.2. The van der Waals surface area contributed by atoms with E-state index < -0.39 is 11.9 Å². The van der Waals surface area contributed by atoms with Gasteiger partial charge in [0.25, 0.3) is 0 Å². The summed E-state index contributed by atoms with van der Waals surface area (Å²) in [6, 6.07) is 3.10. The van der Waals surface area contributed by atoms with Gasteiger partial charge in [-0.15, -0.1) is 0 Å². The number of pyridine rings is 1. The maximum Gasteiger partial charge on any atom is 0.330 e. The van der Waals surface area contributed by atoms with Crippen LogP contribution in [-0.4, -0.2) is 18.1 Å². The molecule has 0 fully saturated rings. The Morgan fingerprint density at radius 1 is 1.69 bits per heavy atom. The number of carbonyl (C=O) groups excluding carboxylic acids is 1. The SMILES string of the molecule is COC(=O)C=Cc1cccnc1F. The second-order valence-electron chi connectivity index (χ2n) is 2.24. The summed E-state index contributed by atoms with van der Waals surface area (Å²) in [7, 11) is 1.26. The third kappa shape index (κ3) is 2.66. The lowest BCUT2D eigenvalue weighted by atomic mass is 10.2. The minimum Gasteiger partial charge on any atom is -0.466 e. The van der Waals surface area contributed by atoms with Gasteiger partial charge >= 0.3 is 5.97 Å². The quantitative estimate of drug-likeness (QED) is 0.393. The molecule has 0 aliphatic rings. The van der Waals surface area contributed by atoms with Crippen LogP contribution in [0.4, 0.5) is 4.39 Å². The predicted octanol–water partition coefficient (Wildman–Crippen LogP) is 1.41. The van der Waals surface area contributed by atoms with Crippen molar-refractivity contribution >= 4 is 12.0 Å². The van der Waals surface area contributed by atoms with Gasteiger partial charge in [0.05, 0.1) is 7.11 Å². The monoisotopic (exact) mass is 181 g/mol. The first-order valence-electron chi connectivity index (χ1n) is 3.60. The molecule has 0 aliphatic heterocycles. The molecule has 0 saturated carbocycles. The lowest BCUT2D eigenvalue weighted by Gasteiger charge is -1.93. The largest absolute Gasteiger partial charge is 0.466 e. The molecule has 68 valence electrons. The number of esters is 1. The van der Waals surface area contributed by atoms with E-state index in [1.807, 2.05) is 0 Å². The fourth-order valence-electron chi connectivity index (χ4n) is 0.749. The van der Waals surface area contributed by atoms with Gasteiger partial charge in [0, 0.05) is 17.8 Å². The molecule has 0 spiro atoms. The lowest BCUT2D eigenvalue weighted by Crippen LogP contribution is -1.94. The summed E-state index contributed by atoms with van der Waals surface area (Å²) in [5.41, 5.74) is 0.257. The van der Waals surface area contributed by atoms with E-state index in [1.54, 1.807) is 6.07 Å². The molecular weight excluding hydrogens is 173 g/mol. The normalized spacial score (nSPS) is 10.3. The summed E-state index contributed by atoms with van der Waals surface area (Å²) >= 11 is 0. The first-order chi connectivity index (χ1) is 6.24. The minimum absolute atomic E-state index is 0.257. The zero-order valence-corrected chi connectivity index (χ0v) is 7.03. The van der Waals surface area contributed by atoms with Crippen LogP contribution in [0.3, 0.4) is 0 Å². The molecule has 3 nitrogen and oxygen atoms in total. The zero-order valence-electron chi connectivity index (χ0n) is 7.03. The summed E-state index contributed by atoms with van der Waals surface area (Å²) in [5, 5.41) is 0. The molecule has 0 N–H and O–H groups in total. The molecule has 0 aliphatic carbocycles. The Labute approximate surface area is 74.9 Å². The fourth-order valence-corrected chi connectivity index (χ4v) is 0.749. The van der Waals surface area contributed by atoms with Crippen LogP contribution in [-0.2, 0) is 9.53 Å². The number of nitrogens with zero attached hydrogens (tertiary/aromatic N) is 1. The van der Waals surface area contributed by atoms with Crippen LogP contribution >= 0.6 is 0 Å². The van der Waals surface area contributed by atoms with Gasteiger partial charge < -0.3 is 4.74 Å². The molecule has 13 heavy (non-hydrogen) atoms. The first kappa shape index (κ1) is 9.38. The van der Waals surface area contributed by atoms with Crippen LogP contribution in [0.1, 0.15) is 5.56 Å². The van der Waals surface area contributed by atoms with Gasteiger partial charge in [0.2, 0.25) is 5.95 Å². The number of aromatic nitrogens is 1. The van der Waals surface area contributed by atoms with Gasteiger partial charge in [-0.25, -0.2) is 9.78 Å². The molecule has 0 atom stereocenters. The van der Waals surface area contributed by atoms with Gasteiger partial charge in [0.1, 0.15) is 0 Å². The Kier molecular flexibility index (Phi) is 3.14. The van der Waals surface area contributed by atoms with E-state index in [9.17, 15) is 9.18 Å². The standard InChI is InChI=1S/C9H8FNO2/c1-13-8(12)5-4-7-3-2-6-11-9(7)10/h2-6H,1H3. The van der Waals surface area contributed by atoms with Crippen LogP contribution in [0.2, 0.25) is 0 Å².